The molecule has 0 fully saturated rings. The van der Waals surface area contributed by atoms with E-state index in [0.29, 0.717) is 16.2 Å². The van der Waals surface area contributed by atoms with Gasteiger partial charge in [0, 0.05) is 21.9 Å². The Hall–Kier alpha value is -1.04. The van der Waals surface area contributed by atoms with Crippen molar-refractivity contribution < 1.29 is 4.74 Å². The van der Waals surface area contributed by atoms with Crippen LogP contribution in [0.5, 0.6) is 11.6 Å². The van der Waals surface area contributed by atoms with Gasteiger partial charge in [-0.2, -0.15) is 4.98 Å². The van der Waals surface area contributed by atoms with Crippen molar-refractivity contribution in [2.75, 3.05) is 0 Å². The van der Waals surface area contributed by atoms with Gasteiger partial charge < -0.3 is 4.74 Å². The number of imidazole rings is 1. The van der Waals surface area contributed by atoms with Crippen LogP contribution in [-0.4, -0.2) is 9.38 Å². The van der Waals surface area contributed by atoms with E-state index in [0.717, 1.165) is 22.0 Å². The minimum atomic E-state index is 0.633. The number of aromatic nitrogens is 2. The Morgan fingerprint density at radius 1 is 1.47 bits per heavy atom. The number of halogens is 2. The van der Waals surface area contributed by atoms with Crippen LogP contribution >= 0.6 is 38.9 Å². The summed E-state index contributed by atoms with van der Waals surface area (Å²) in [4.78, 5) is 5.43. The van der Waals surface area contributed by atoms with Crippen LogP contribution in [0.2, 0.25) is 5.02 Å². The van der Waals surface area contributed by atoms with Crippen LogP contribution in [0.15, 0.2) is 29.8 Å². The molecule has 0 saturated carbocycles. The number of rotatable bonds is 3. The summed E-state index contributed by atoms with van der Waals surface area (Å²) in [6.07, 6.45) is 1.99. The minimum absolute atomic E-state index is 0.633. The molecule has 0 saturated heterocycles. The zero-order valence-electron chi connectivity index (χ0n) is 10.1. The highest BCUT2D eigenvalue weighted by Crippen LogP contribution is 2.31. The number of nitrogens with zero attached hydrogens (tertiary/aromatic N) is 2. The van der Waals surface area contributed by atoms with Crippen LogP contribution in [0.25, 0.3) is 4.96 Å². The summed E-state index contributed by atoms with van der Waals surface area (Å²) >= 11 is 11.0. The average molecular weight is 358 g/mol. The molecule has 19 heavy (non-hydrogen) atoms. The molecule has 0 N–H and O–H groups in total. The Kier molecular flexibility index (Phi) is 3.52. The van der Waals surface area contributed by atoms with Gasteiger partial charge in [0.1, 0.15) is 5.75 Å². The van der Waals surface area contributed by atoms with Crippen molar-refractivity contribution in [1.82, 2.24) is 9.38 Å². The summed E-state index contributed by atoms with van der Waals surface area (Å²) in [5.74, 6) is 1.41. The third kappa shape index (κ3) is 2.38. The van der Waals surface area contributed by atoms with E-state index in [1.807, 2.05) is 41.1 Å². The molecule has 0 atom stereocenters. The van der Waals surface area contributed by atoms with Crippen molar-refractivity contribution in [3.63, 3.8) is 0 Å². The second-order valence-corrected chi connectivity index (χ2v) is 5.93. The SMILES string of the molecule is Cc1cc(Cl)ccc1Oc1nc2sccn2c1CBr. The van der Waals surface area contributed by atoms with Crippen molar-refractivity contribution in [3.8, 4) is 11.6 Å². The number of fused-ring (bicyclic) bond motifs is 1. The fourth-order valence-corrected chi connectivity index (χ4v) is 3.31. The zero-order valence-corrected chi connectivity index (χ0v) is 13.2. The molecule has 0 unspecified atom stereocenters. The summed E-state index contributed by atoms with van der Waals surface area (Å²) in [6, 6.07) is 5.56. The summed E-state index contributed by atoms with van der Waals surface area (Å²) in [7, 11) is 0. The van der Waals surface area contributed by atoms with E-state index >= 15 is 0 Å². The number of hydrogen-bond acceptors (Lipinski definition) is 3. The van der Waals surface area contributed by atoms with Crippen LogP contribution in [0.1, 0.15) is 11.3 Å². The van der Waals surface area contributed by atoms with Crippen LogP contribution in [0.3, 0.4) is 0 Å². The fourth-order valence-electron chi connectivity index (χ4n) is 1.85. The third-order valence-corrected chi connectivity index (χ3v) is 4.32. The molecule has 0 radical (unpaired) electrons. The van der Waals surface area contributed by atoms with Gasteiger partial charge >= 0.3 is 0 Å². The molecule has 3 rings (SSSR count). The maximum Gasteiger partial charge on any atom is 0.243 e. The van der Waals surface area contributed by atoms with E-state index in [9.17, 15) is 0 Å². The monoisotopic (exact) mass is 356 g/mol. The van der Waals surface area contributed by atoms with Gasteiger partial charge in [-0.3, -0.25) is 4.40 Å². The molecule has 98 valence electrons. The van der Waals surface area contributed by atoms with Crippen molar-refractivity contribution in [1.29, 1.82) is 0 Å². The Labute approximate surface area is 127 Å². The van der Waals surface area contributed by atoms with Crippen LogP contribution in [0, 0.1) is 6.92 Å². The molecule has 0 spiro atoms. The number of benzene rings is 1. The quantitative estimate of drug-likeness (QED) is 0.614. The smallest absolute Gasteiger partial charge is 0.243 e. The maximum absolute atomic E-state index is 5.94. The second-order valence-electron chi connectivity index (χ2n) is 4.06. The second kappa shape index (κ2) is 5.15. The lowest BCUT2D eigenvalue weighted by atomic mass is 10.2. The van der Waals surface area contributed by atoms with Crippen molar-refractivity contribution in [2.24, 2.45) is 0 Å². The molecule has 0 aliphatic heterocycles. The Balaban J connectivity index is 2.02. The molecule has 0 amide bonds. The molecule has 2 aromatic heterocycles. The van der Waals surface area contributed by atoms with E-state index < -0.39 is 0 Å². The highest BCUT2D eigenvalue weighted by Gasteiger charge is 2.15. The van der Waals surface area contributed by atoms with Gasteiger partial charge in [-0.05, 0) is 30.7 Å². The first kappa shape index (κ1) is 13.0. The third-order valence-electron chi connectivity index (χ3n) is 2.79. The predicted octanol–water partition coefficient (Wildman–Crippen LogP) is 5.04. The molecular formula is C13H10BrClN2OS. The molecule has 2 heterocycles. The molecular weight excluding hydrogens is 348 g/mol. The molecule has 1 aromatic carbocycles. The Bertz CT molecular complexity index is 737. The van der Waals surface area contributed by atoms with E-state index in [1.54, 1.807) is 11.3 Å². The summed E-state index contributed by atoms with van der Waals surface area (Å²) in [5.41, 5.74) is 2.00. The fraction of sp³-hybridized carbons (Fsp3) is 0.154. The first-order valence-electron chi connectivity index (χ1n) is 5.63. The van der Waals surface area contributed by atoms with Crippen molar-refractivity contribution >= 4 is 43.8 Å². The highest BCUT2D eigenvalue weighted by atomic mass is 79.9. The summed E-state index contributed by atoms with van der Waals surface area (Å²) in [5, 5.41) is 3.40. The van der Waals surface area contributed by atoms with Gasteiger partial charge in [-0.1, -0.05) is 27.5 Å². The summed E-state index contributed by atoms with van der Waals surface area (Å²) < 4.78 is 7.94. The van der Waals surface area contributed by atoms with E-state index in [2.05, 4.69) is 20.9 Å². The lowest BCUT2D eigenvalue weighted by molar-refractivity contribution is 0.458. The van der Waals surface area contributed by atoms with E-state index in [4.69, 9.17) is 16.3 Å². The molecule has 0 bridgehead atoms. The van der Waals surface area contributed by atoms with Gasteiger partial charge in [-0.15, -0.1) is 11.3 Å². The van der Waals surface area contributed by atoms with Gasteiger partial charge in [0.25, 0.3) is 0 Å². The topological polar surface area (TPSA) is 26.5 Å². The van der Waals surface area contributed by atoms with Crippen molar-refractivity contribution in [3.05, 3.63) is 46.1 Å². The molecule has 3 aromatic rings. The van der Waals surface area contributed by atoms with Crippen molar-refractivity contribution in [2.45, 2.75) is 12.3 Å². The number of hydrogen-bond donors (Lipinski definition) is 0. The number of aryl methyl sites for hydroxylation is 1. The predicted molar refractivity (Wildman–Crippen MR) is 82.0 cm³/mol. The van der Waals surface area contributed by atoms with Gasteiger partial charge in [0.15, 0.2) is 4.96 Å². The minimum Gasteiger partial charge on any atom is -0.437 e. The summed E-state index contributed by atoms with van der Waals surface area (Å²) in [6.45, 7) is 1.97. The van der Waals surface area contributed by atoms with Gasteiger partial charge in [0.05, 0.1) is 5.69 Å². The first-order valence-corrected chi connectivity index (χ1v) is 8.01. The van der Waals surface area contributed by atoms with Crippen LogP contribution < -0.4 is 4.74 Å². The Morgan fingerprint density at radius 2 is 2.32 bits per heavy atom. The standard InChI is InChI=1S/C13H10BrClN2OS/c1-8-6-9(15)2-3-11(8)18-12-10(7-14)17-4-5-19-13(17)16-12/h2-6H,7H2,1H3. The maximum atomic E-state index is 5.94. The van der Waals surface area contributed by atoms with E-state index in [-0.39, 0.29) is 0 Å². The number of ether oxygens (including phenoxy) is 1. The van der Waals surface area contributed by atoms with Gasteiger partial charge in [0.2, 0.25) is 5.88 Å². The van der Waals surface area contributed by atoms with Crippen LogP contribution in [-0.2, 0) is 5.33 Å². The largest absolute Gasteiger partial charge is 0.437 e. The lowest BCUT2D eigenvalue weighted by Gasteiger charge is -2.07. The molecule has 3 nitrogen and oxygen atoms in total. The first-order chi connectivity index (χ1) is 9.19. The number of thiazole rings is 1. The molecule has 6 heteroatoms. The molecule has 0 aliphatic rings. The van der Waals surface area contributed by atoms with Gasteiger partial charge in [-0.25, -0.2) is 0 Å². The number of alkyl halides is 1. The zero-order chi connectivity index (χ0) is 13.4. The average Bonchev–Trinajstić information content (AvgIpc) is 2.92. The lowest BCUT2D eigenvalue weighted by Crippen LogP contribution is -1.92. The normalized spacial score (nSPS) is 11.1. The Morgan fingerprint density at radius 3 is 3.05 bits per heavy atom. The molecule has 0 aliphatic carbocycles. The highest BCUT2D eigenvalue weighted by molar-refractivity contribution is 9.08. The van der Waals surface area contributed by atoms with Crippen LogP contribution in [0.4, 0.5) is 0 Å². The van der Waals surface area contributed by atoms with E-state index in [1.165, 1.54) is 0 Å².